The van der Waals surface area contributed by atoms with Gasteiger partial charge in [0.2, 0.25) is 5.91 Å². The van der Waals surface area contributed by atoms with E-state index in [-0.39, 0.29) is 11.9 Å². The molecule has 2 N–H and O–H groups in total. The molecule has 2 unspecified atom stereocenters. The first kappa shape index (κ1) is 18.4. The number of rotatable bonds is 9. The summed E-state index contributed by atoms with van der Waals surface area (Å²) in [6.07, 6.45) is 5.79. The molecule has 4 nitrogen and oxygen atoms in total. The zero-order chi connectivity index (χ0) is 15.7. The Hall–Kier alpha value is -0.610. The van der Waals surface area contributed by atoms with Crippen LogP contribution in [0.3, 0.4) is 0 Å². The third-order valence-electron chi connectivity index (χ3n) is 4.75. The van der Waals surface area contributed by atoms with Gasteiger partial charge in [0.05, 0.1) is 6.04 Å². The van der Waals surface area contributed by atoms with E-state index >= 15 is 0 Å². The van der Waals surface area contributed by atoms with Crippen molar-refractivity contribution in [2.75, 3.05) is 26.2 Å². The summed E-state index contributed by atoms with van der Waals surface area (Å²) in [7, 11) is 0. The lowest BCUT2D eigenvalue weighted by Crippen LogP contribution is -2.50. The van der Waals surface area contributed by atoms with Crippen molar-refractivity contribution in [3.05, 3.63) is 0 Å². The average Bonchev–Trinajstić information content (AvgIpc) is 2.52. The van der Waals surface area contributed by atoms with Crippen LogP contribution in [0.25, 0.3) is 0 Å². The lowest BCUT2D eigenvalue weighted by atomic mass is 9.89. The maximum Gasteiger partial charge on any atom is 0.237 e. The van der Waals surface area contributed by atoms with Crippen LogP contribution in [-0.2, 0) is 4.79 Å². The molecular formula is C17H35N3O. The van der Waals surface area contributed by atoms with Crippen molar-refractivity contribution in [3.8, 4) is 0 Å². The molecule has 1 rings (SSSR count). The Morgan fingerprint density at radius 2 is 1.81 bits per heavy atom. The van der Waals surface area contributed by atoms with E-state index in [1.165, 1.54) is 19.3 Å². The van der Waals surface area contributed by atoms with Gasteiger partial charge in [-0.2, -0.15) is 0 Å². The molecule has 4 heteroatoms. The highest BCUT2D eigenvalue weighted by Gasteiger charge is 2.28. The monoisotopic (exact) mass is 297 g/mol. The lowest BCUT2D eigenvalue weighted by Gasteiger charge is -2.37. The summed E-state index contributed by atoms with van der Waals surface area (Å²) in [5.41, 5.74) is 0. The van der Waals surface area contributed by atoms with Crippen LogP contribution in [0.15, 0.2) is 0 Å². The molecule has 1 heterocycles. The molecule has 1 saturated heterocycles. The molecule has 0 aliphatic carbocycles. The van der Waals surface area contributed by atoms with Crippen LogP contribution in [0.2, 0.25) is 0 Å². The van der Waals surface area contributed by atoms with Crippen molar-refractivity contribution in [2.24, 2.45) is 5.92 Å². The van der Waals surface area contributed by atoms with Crippen molar-refractivity contribution in [1.82, 2.24) is 15.5 Å². The van der Waals surface area contributed by atoms with Gasteiger partial charge < -0.3 is 10.6 Å². The Morgan fingerprint density at radius 3 is 2.38 bits per heavy atom. The number of nitrogens with zero attached hydrogens (tertiary/aromatic N) is 1. The fourth-order valence-electron chi connectivity index (χ4n) is 3.05. The highest BCUT2D eigenvalue weighted by Crippen LogP contribution is 2.22. The minimum atomic E-state index is 0.0155. The Balaban J connectivity index is 2.29. The van der Waals surface area contributed by atoms with Gasteiger partial charge >= 0.3 is 0 Å². The van der Waals surface area contributed by atoms with Gasteiger partial charge in [-0.25, -0.2) is 0 Å². The molecule has 0 spiro atoms. The van der Waals surface area contributed by atoms with Crippen LogP contribution in [0.4, 0.5) is 0 Å². The standard InChI is InChI=1S/C17H35N3O/c1-5-7-11-19-17(21)15(4)20-12-8-16(9-13-20)14(3)18-10-6-2/h14-16,18H,5-13H2,1-4H3,(H,19,21). The molecular weight excluding hydrogens is 262 g/mol. The van der Waals surface area contributed by atoms with E-state index in [1.54, 1.807) is 0 Å². The number of carbonyl (C=O) groups excluding carboxylic acids is 1. The van der Waals surface area contributed by atoms with Gasteiger partial charge in [-0.3, -0.25) is 9.69 Å². The lowest BCUT2D eigenvalue weighted by molar-refractivity contribution is -0.126. The Bertz CT molecular complexity index is 288. The Labute approximate surface area is 131 Å². The fraction of sp³-hybridized carbons (Fsp3) is 0.941. The van der Waals surface area contributed by atoms with Gasteiger partial charge in [-0.05, 0) is 65.1 Å². The Morgan fingerprint density at radius 1 is 1.14 bits per heavy atom. The number of unbranched alkanes of at least 4 members (excludes halogenated alkanes) is 1. The zero-order valence-electron chi connectivity index (χ0n) is 14.5. The minimum absolute atomic E-state index is 0.0155. The van der Waals surface area contributed by atoms with Crippen LogP contribution in [0, 0.1) is 5.92 Å². The van der Waals surface area contributed by atoms with Crippen LogP contribution < -0.4 is 10.6 Å². The van der Waals surface area contributed by atoms with E-state index in [0.717, 1.165) is 44.9 Å². The number of nitrogens with one attached hydrogen (secondary N) is 2. The molecule has 0 bridgehead atoms. The number of amides is 1. The highest BCUT2D eigenvalue weighted by atomic mass is 16.2. The first-order chi connectivity index (χ1) is 10.1. The molecule has 0 saturated carbocycles. The largest absolute Gasteiger partial charge is 0.355 e. The second-order valence-electron chi connectivity index (χ2n) is 6.44. The third kappa shape index (κ3) is 6.35. The van der Waals surface area contributed by atoms with Gasteiger partial charge in [-0.15, -0.1) is 0 Å². The number of likely N-dealkylation sites (tertiary alicyclic amines) is 1. The van der Waals surface area contributed by atoms with E-state index in [2.05, 4.69) is 36.3 Å². The van der Waals surface area contributed by atoms with Crippen LogP contribution >= 0.6 is 0 Å². The second kappa shape index (κ2) is 10.2. The number of piperidine rings is 1. The van der Waals surface area contributed by atoms with Gasteiger partial charge in [0.15, 0.2) is 0 Å². The first-order valence-electron chi connectivity index (χ1n) is 8.85. The van der Waals surface area contributed by atoms with Gasteiger partial charge in [-0.1, -0.05) is 20.3 Å². The zero-order valence-corrected chi connectivity index (χ0v) is 14.5. The molecule has 1 amide bonds. The predicted molar refractivity (Wildman–Crippen MR) is 89.4 cm³/mol. The average molecular weight is 297 g/mol. The van der Waals surface area contributed by atoms with E-state index in [0.29, 0.717) is 6.04 Å². The van der Waals surface area contributed by atoms with Crippen molar-refractivity contribution < 1.29 is 4.79 Å². The van der Waals surface area contributed by atoms with Crippen LogP contribution in [0.1, 0.15) is 59.8 Å². The molecule has 124 valence electrons. The number of carbonyl (C=O) groups is 1. The molecule has 0 radical (unpaired) electrons. The molecule has 21 heavy (non-hydrogen) atoms. The summed E-state index contributed by atoms with van der Waals surface area (Å²) >= 11 is 0. The maximum absolute atomic E-state index is 12.1. The smallest absolute Gasteiger partial charge is 0.237 e. The normalized spacial score (nSPS) is 20.2. The maximum atomic E-state index is 12.1. The first-order valence-corrected chi connectivity index (χ1v) is 8.85. The molecule has 0 aromatic rings. The molecule has 0 aromatic carbocycles. The summed E-state index contributed by atoms with van der Waals surface area (Å²) in [6.45, 7) is 12.7. The fourth-order valence-corrected chi connectivity index (χ4v) is 3.05. The van der Waals surface area contributed by atoms with E-state index in [9.17, 15) is 4.79 Å². The molecule has 1 fully saturated rings. The van der Waals surface area contributed by atoms with Crippen molar-refractivity contribution in [3.63, 3.8) is 0 Å². The Kier molecular flexibility index (Phi) is 8.93. The highest BCUT2D eigenvalue weighted by molar-refractivity contribution is 5.81. The summed E-state index contributed by atoms with van der Waals surface area (Å²) in [4.78, 5) is 14.4. The van der Waals surface area contributed by atoms with Gasteiger partial charge in [0.1, 0.15) is 0 Å². The van der Waals surface area contributed by atoms with Crippen molar-refractivity contribution >= 4 is 5.91 Å². The number of hydrogen-bond acceptors (Lipinski definition) is 3. The summed E-state index contributed by atoms with van der Waals surface area (Å²) in [5.74, 6) is 0.946. The van der Waals surface area contributed by atoms with Crippen molar-refractivity contribution in [1.29, 1.82) is 0 Å². The molecule has 2 atom stereocenters. The second-order valence-corrected chi connectivity index (χ2v) is 6.44. The van der Waals surface area contributed by atoms with Crippen LogP contribution in [0.5, 0.6) is 0 Å². The van der Waals surface area contributed by atoms with Crippen molar-refractivity contribution in [2.45, 2.75) is 71.9 Å². The summed E-state index contributed by atoms with van der Waals surface area (Å²) in [5, 5.41) is 6.65. The molecule has 0 aromatic heterocycles. The minimum Gasteiger partial charge on any atom is -0.355 e. The van der Waals surface area contributed by atoms with E-state index in [4.69, 9.17) is 0 Å². The summed E-state index contributed by atoms with van der Waals surface area (Å²) in [6, 6.07) is 0.613. The van der Waals surface area contributed by atoms with E-state index < -0.39 is 0 Å². The van der Waals surface area contributed by atoms with Crippen LogP contribution in [-0.4, -0.2) is 49.1 Å². The van der Waals surface area contributed by atoms with E-state index in [1.807, 2.05) is 6.92 Å². The summed E-state index contributed by atoms with van der Waals surface area (Å²) < 4.78 is 0. The predicted octanol–water partition coefficient (Wildman–Crippen LogP) is 2.39. The molecule has 1 aliphatic rings. The van der Waals surface area contributed by atoms with Gasteiger partial charge in [0.25, 0.3) is 0 Å². The SMILES string of the molecule is CCCCNC(=O)C(C)N1CCC(C(C)NCCC)CC1. The third-order valence-corrected chi connectivity index (χ3v) is 4.75. The van der Waals surface area contributed by atoms with Gasteiger partial charge in [0, 0.05) is 12.6 Å². The molecule has 1 aliphatic heterocycles. The topological polar surface area (TPSA) is 44.4 Å². The quantitative estimate of drug-likeness (QED) is 0.642. The number of hydrogen-bond donors (Lipinski definition) is 2.